The lowest BCUT2D eigenvalue weighted by Gasteiger charge is -2.15. The van der Waals surface area contributed by atoms with Crippen LogP contribution in [0, 0.1) is 11.3 Å². The molecule has 0 heterocycles. The number of amides is 1. The third kappa shape index (κ3) is 4.47. The molecular formula is C15H19N3O. The average Bonchev–Trinajstić information content (AvgIpc) is 2.44. The monoisotopic (exact) mass is 257 g/mol. The minimum Gasteiger partial charge on any atom is -0.350 e. The molecule has 4 heteroatoms. The van der Waals surface area contributed by atoms with E-state index < -0.39 is 0 Å². The van der Waals surface area contributed by atoms with Gasteiger partial charge in [-0.3, -0.25) is 4.79 Å². The molecule has 1 aromatic carbocycles. The van der Waals surface area contributed by atoms with Gasteiger partial charge in [-0.2, -0.15) is 5.26 Å². The third-order valence-corrected chi connectivity index (χ3v) is 2.84. The normalized spacial score (nSPS) is 12.4. The van der Waals surface area contributed by atoms with Crippen molar-refractivity contribution in [3.63, 3.8) is 0 Å². The maximum absolute atomic E-state index is 11.9. The van der Waals surface area contributed by atoms with E-state index in [0.29, 0.717) is 0 Å². The van der Waals surface area contributed by atoms with Gasteiger partial charge in [0.2, 0.25) is 0 Å². The van der Waals surface area contributed by atoms with Gasteiger partial charge in [-0.25, -0.2) is 0 Å². The van der Waals surface area contributed by atoms with Crippen molar-refractivity contribution < 1.29 is 4.79 Å². The number of benzene rings is 1. The van der Waals surface area contributed by atoms with Gasteiger partial charge >= 0.3 is 0 Å². The number of carbonyl (C=O) groups is 1. The van der Waals surface area contributed by atoms with Crippen molar-refractivity contribution >= 4 is 11.6 Å². The van der Waals surface area contributed by atoms with Crippen molar-refractivity contribution in [2.75, 3.05) is 11.9 Å². The van der Waals surface area contributed by atoms with Gasteiger partial charge in [0, 0.05) is 25.0 Å². The Kier molecular flexibility index (Phi) is 5.62. The molecule has 1 amide bonds. The molecule has 0 saturated carbocycles. The number of nitrogens with one attached hydrogen (secondary N) is 1. The fraction of sp³-hybridized carbons (Fsp3) is 0.333. The summed E-state index contributed by atoms with van der Waals surface area (Å²) in [5.41, 5.74) is 1.03. The Morgan fingerprint density at radius 1 is 1.47 bits per heavy atom. The van der Waals surface area contributed by atoms with E-state index in [1.54, 1.807) is 11.1 Å². The minimum atomic E-state index is -0.334. The maximum Gasteiger partial charge on any atom is 0.263 e. The number of carbonyl (C=O) groups excluding carboxylic acids is 1. The van der Waals surface area contributed by atoms with Crippen LogP contribution in [0.1, 0.15) is 20.3 Å². The highest BCUT2D eigenvalue weighted by Gasteiger charge is 2.12. The molecule has 100 valence electrons. The van der Waals surface area contributed by atoms with E-state index in [1.807, 2.05) is 57.3 Å². The number of nitriles is 1. The molecule has 19 heavy (non-hydrogen) atoms. The van der Waals surface area contributed by atoms with E-state index in [9.17, 15) is 4.79 Å². The largest absolute Gasteiger partial charge is 0.350 e. The van der Waals surface area contributed by atoms with Crippen molar-refractivity contribution in [2.24, 2.45) is 0 Å². The zero-order chi connectivity index (χ0) is 14.3. The number of anilines is 1. The Hall–Kier alpha value is -2.28. The molecule has 0 fully saturated rings. The lowest BCUT2D eigenvalue weighted by Crippen LogP contribution is -2.33. The highest BCUT2D eigenvalue weighted by molar-refractivity contribution is 5.97. The summed E-state index contributed by atoms with van der Waals surface area (Å²) in [7, 11) is 1.81. The molecule has 0 aliphatic heterocycles. The summed E-state index contributed by atoms with van der Waals surface area (Å²) in [6.07, 6.45) is 2.38. The van der Waals surface area contributed by atoms with Crippen LogP contribution in [-0.4, -0.2) is 19.0 Å². The molecule has 1 N–H and O–H groups in total. The Morgan fingerprint density at radius 3 is 2.63 bits per heavy atom. The van der Waals surface area contributed by atoms with E-state index in [1.165, 1.54) is 0 Å². The van der Waals surface area contributed by atoms with Crippen molar-refractivity contribution in [3.05, 3.63) is 42.1 Å². The molecule has 0 saturated heterocycles. The quantitative estimate of drug-likeness (QED) is 0.651. The van der Waals surface area contributed by atoms with Gasteiger partial charge in [-0.05, 0) is 25.5 Å². The molecule has 0 aromatic heterocycles. The number of hydrogen-bond acceptors (Lipinski definition) is 3. The van der Waals surface area contributed by atoms with Gasteiger partial charge in [0.05, 0.1) is 0 Å². The average molecular weight is 257 g/mol. The molecule has 1 rings (SSSR count). The van der Waals surface area contributed by atoms with Gasteiger partial charge < -0.3 is 10.2 Å². The zero-order valence-electron chi connectivity index (χ0n) is 11.6. The summed E-state index contributed by atoms with van der Waals surface area (Å²) in [6, 6.07) is 11.6. The van der Waals surface area contributed by atoms with Crippen LogP contribution in [0.15, 0.2) is 42.1 Å². The second-order valence-corrected chi connectivity index (χ2v) is 4.38. The predicted molar refractivity (Wildman–Crippen MR) is 76.4 cm³/mol. The zero-order valence-corrected chi connectivity index (χ0v) is 11.6. The smallest absolute Gasteiger partial charge is 0.263 e. The van der Waals surface area contributed by atoms with E-state index in [4.69, 9.17) is 5.26 Å². The Labute approximate surface area is 114 Å². The van der Waals surface area contributed by atoms with Crippen molar-refractivity contribution in [2.45, 2.75) is 26.3 Å². The first-order valence-electron chi connectivity index (χ1n) is 6.29. The molecule has 0 spiro atoms. The topological polar surface area (TPSA) is 56.1 Å². The SMILES string of the molecule is CCC(C)NC(=O)/C(C#N)=C\N(C)c1ccccc1. The third-order valence-electron chi connectivity index (χ3n) is 2.84. The van der Waals surface area contributed by atoms with Gasteiger partial charge in [-0.1, -0.05) is 25.1 Å². The van der Waals surface area contributed by atoms with Crippen LogP contribution in [-0.2, 0) is 4.79 Å². The van der Waals surface area contributed by atoms with Crippen LogP contribution in [0.3, 0.4) is 0 Å². The molecule has 0 bridgehead atoms. The Balaban J connectivity index is 2.82. The fourth-order valence-corrected chi connectivity index (χ4v) is 1.47. The maximum atomic E-state index is 11.9. The Morgan fingerprint density at radius 2 is 2.11 bits per heavy atom. The van der Waals surface area contributed by atoms with Crippen LogP contribution in [0.25, 0.3) is 0 Å². The number of para-hydroxylation sites is 1. The minimum absolute atomic E-state index is 0.0614. The number of hydrogen-bond donors (Lipinski definition) is 1. The van der Waals surface area contributed by atoms with Crippen LogP contribution < -0.4 is 10.2 Å². The highest BCUT2D eigenvalue weighted by Crippen LogP contribution is 2.12. The van der Waals surface area contributed by atoms with Crippen LogP contribution in [0.4, 0.5) is 5.69 Å². The Bertz CT molecular complexity index is 488. The second kappa shape index (κ2) is 7.22. The second-order valence-electron chi connectivity index (χ2n) is 4.38. The summed E-state index contributed by atoms with van der Waals surface area (Å²) >= 11 is 0. The highest BCUT2D eigenvalue weighted by atomic mass is 16.1. The summed E-state index contributed by atoms with van der Waals surface area (Å²) in [5, 5.41) is 11.9. The summed E-state index contributed by atoms with van der Waals surface area (Å²) in [5.74, 6) is -0.334. The molecule has 0 aliphatic rings. The van der Waals surface area contributed by atoms with Crippen molar-refractivity contribution in [3.8, 4) is 6.07 Å². The van der Waals surface area contributed by atoms with E-state index in [2.05, 4.69) is 5.32 Å². The van der Waals surface area contributed by atoms with Gasteiger partial charge in [0.25, 0.3) is 5.91 Å². The predicted octanol–water partition coefficient (Wildman–Crippen LogP) is 2.44. The molecule has 1 aromatic rings. The first-order chi connectivity index (χ1) is 9.08. The molecular weight excluding hydrogens is 238 g/mol. The summed E-state index contributed by atoms with van der Waals surface area (Å²) in [4.78, 5) is 13.6. The first kappa shape index (κ1) is 14.8. The van der Waals surface area contributed by atoms with Crippen LogP contribution in [0.2, 0.25) is 0 Å². The molecule has 0 radical (unpaired) electrons. The molecule has 1 unspecified atom stereocenters. The lowest BCUT2D eigenvalue weighted by atomic mass is 10.2. The van der Waals surface area contributed by atoms with Crippen molar-refractivity contribution in [1.82, 2.24) is 5.32 Å². The van der Waals surface area contributed by atoms with E-state index in [-0.39, 0.29) is 17.5 Å². The van der Waals surface area contributed by atoms with Gasteiger partial charge in [0.15, 0.2) is 0 Å². The fourth-order valence-electron chi connectivity index (χ4n) is 1.47. The molecule has 0 aliphatic carbocycles. The first-order valence-corrected chi connectivity index (χ1v) is 6.29. The molecule has 1 atom stereocenters. The van der Waals surface area contributed by atoms with Crippen LogP contribution in [0.5, 0.6) is 0 Å². The van der Waals surface area contributed by atoms with Crippen LogP contribution >= 0.6 is 0 Å². The summed E-state index contributed by atoms with van der Waals surface area (Å²) < 4.78 is 0. The lowest BCUT2D eigenvalue weighted by molar-refractivity contribution is -0.117. The van der Waals surface area contributed by atoms with E-state index >= 15 is 0 Å². The van der Waals surface area contributed by atoms with Gasteiger partial charge in [0.1, 0.15) is 11.6 Å². The van der Waals surface area contributed by atoms with E-state index in [0.717, 1.165) is 12.1 Å². The van der Waals surface area contributed by atoms with Gasteiger partial charge in [-0.15, -0.1) is 0 Å². The molecule has 4 nitrogen and oxygen atoms in total. The number of nitrogens with zero attached hydrogens (tertiary/aromatic N) is 2. The summed E-state index contributed by atoms with van der Waals surface area (Å²) in [6.45, 7) is 3.89. The standard InChI is InChI=1S/C15H19N3O/c1-4-12(2)17-15(19)13(10-16)11-18(3)14-8-6-5-7-9-14/h5-9,11-12H,4H2,1-3H3,(H,17,19)/b13-11-. The van der Waals surface area contributed by atoms with Crippen molar-refractivity contribution in [1.29, 1.82) is 5.26 Å². The number of rotatable bonds is 5.